The van der Waals surface area contributed by atoms with Crippen LogP contribution in [0.3, 0.4) is 0 Å². The van der Waals surface area contributed by atoms with Crippen LogP contribution in [0.4, 0.5) is 17.6 Å². The molecule has 5 aromatic rings. The van der Waals surface area contributed by atoms with Crippen LogP contribution in [0.25, 0.3) is 33.3 Å². The van der Waals surface area contributed by atoms with Crippen LogP contribution in [0.15, 0.2) is 85.2 Å². The molecule has 2 aromatic heterocycles. The van der Waals surface area contributed by atoms with Crippen molar-refractivity contribution in [1.82, 2.24) is 9.97 Å². The molecule has 6 rings (SSSR count). The molecule has 0 fully saturated rings. The number of rotatable bonds is 1. The minimum atomic E-state index is -3.00. The fraction of sp³-hybridized carbons (Fsp3) is 0.0370. The van der Waals surface area contributed by atoms with E-state index in [-0.39, 0.29) is 36.8 Å². The summed E-state index contributed by atoms with van der Waals surface area (Å²) in [5, 5.41) is 1.31. The number of hydrogen-bond donors (Lipinski definition) is 0. The zero-order valence-corrected chi connectivity index (χ0v) is 19.7. The maximum absolute atomic E-state index is 14.6. The molecule has 0 saturated carbocycles. The Kier molecular flexibility index (Phi) is 6.60. The average Bonchev–Trinajstić information content (AvgIpc) is 2.84. The molecule has 0 atom stereocenters. The smallest absolute Gasteiger partial charge is 0.266 e. The third-order valence-electron chi connectivity index (χ3n) is 5.34. The van der Waals surface area contributed by atoms with Crippen molar-refractivity contribution < 1.29 is 37.7 Å². The SMILES string of the molecule is FC1(F)c2ccc[c-]c2-c2nccc3cccc1c23.Fc1c[c-]c(-c2ccccn2)c(F)c1.[Ir]. The molecule has 1 aliphatic rings. The Balaban J connectivity index is 0.000000164. The molecule has 0 unspecified atom stereocenters. The van der Waals surface area contributed by atoms with Crippen LogP contribution in [0, 0.1) is 23.8 Å². The molecule has 1 aliphatic carbocycles. The van der Waals surface area contributed by atoms with E-state index in [4.69, 9.17) is 0 Å². The average molecular weight is 635 g/mol. The van der Waals surface area contributed by atoms with Gasteiger partial charge in [0, 0.05) is 49.7 Å². The Morgan fingerprint density at radius 3 is 2.35 bits per heavy atom. The molecule has 0 N–H and O–H groups in total. The first-order chi connectivity index (χ1) is 16.0. The second-order valence-electron chi connectivity index (χ2n) is 7.35. The number of alkyl halides is 2. The van der Waals surface area contributed by atoms with Gasteiger partial charge in [-0.3, -0.25) is 8.78 Å². The summed E-state index contributed by atoms with van der Waals surface area (Å²) >= 11 is 0. The molecule has 0 aliphatic heterocycles. The summed E-state index contributed by atoms with van der Waals surface area (Å²) in [5.74, 6) is -4.28. The Morgan fingerprint density at radius 1 is 0.765 bits per heavy atom. The quantitative estimate of drug-likeness (QED) is 0.147. The van der Waals surface area contributed by atoms with E-state index in [9.17, 15) is 17.6 Å². The Labute approximate surface area is 206 Å². The predicted octanol–water partition coefficient (Wildman–Crippen LogP) is 6.98. The second-order valence-corrected chi connectivity index (χ2v) is 7.35. The molecule has 34 heavy (non-hydrogen) atoms. The molecule has 0 amide bonds. The van der Waals surface area contributed by atoms with Gasteiger partial charge in [-0.05, 0) is 34.3 Å². The molecular weight excluding hydrogens is 621 g/mol. The minimum absolute atomic E-state index is 0. The van der Waals surface area contributed by atoms with Crippen molar-refractivity contribution >= 4 is 10.8 Å². The number of fused-ring (bicyclic) bond motifs is 2. The van der Waals surface area contributed by atoms with Gasteiger partial charge in [-0.2, -0.15) is 0 Å². The van der Waals surface area contributed by atoms with Crippen LogP contribution in [-0.2, 0) is 26.0 Å². The van der Waals surface area contributed by atoms with E-state index in [2.05, 4.69) is 22.1 Å². The van der Waals surface area contributed by atoms with Crippen molar-refractivity contribution in [3.8, 4) is 22.5 Å². The standard InChI is InChI=1S/C16H8F2N.C11H6F2N.Ir/c17-16(18)12-6-2-1-5-11(12)15-14-10(8-9-19-15)4-3-7-13(14)16;12-8-4-5-9(10(13)7-8)11-3-1-2-6-14-11;/h1-4,6-9H;1-4,6-7H;/q2*-1;. The molecule has 2 heterocycles. The zero-order valence-electron chi connectivity index (χ0n) is 17.3. The summed E-state index contributed by atoms with van der Waals surface area (Å²) in [6.07, 6.45) is 3.20. The number of benzene rings is 3. The zero-order chi connectivity index (χ0) is 23.0. The van der Waals surface area contributed by atoms with E-state index in [1.165, 1.54) is 12.1 Å². The molecule has 171 valence electrons. The summed E-state index contributed by atoms with van der Waals surface area (Å²) in [4.78, 5) is 8.23. The Hall–Kier alpha value is -3.41. The van der Waals surface area contributed by atoms with E-state index >= 15 is 0 Å². The first-order valence-electron chi connectivity index (χ1n) is 10.0. The van der Waals surface area contributed by atoms with E-state index < -0.39 is 17.6 Å². The van der Waals surface area contributed by atoms with Crippen molar-refractivity contribution in [1.29, 1.82) is 0 Å². The summed E-state index contributed by atoms with van der Waals surface area (Å²) in [6.45, 7) is 0. The van der Waals surface area contributed by atoms with Gasteiger partial charge < -0.3 is 9.97 Å². The van der Waals surface area contributed by atoms with Crippen LogP contribution in [0.5, 0.6) is 0 Å². The topological polar surface area (TPSA) is 25.8 Å². The van der Waals surface area contributed by atoms with Gasteiger partial charge in [0.15, 0.2) is 0 Å². The van der Waals surface area contributed by atoms with Gasteiger partial charge in [-0.15, -0.1) is 42.0 Å². The number of nitrogens with zero attached hydrogens (tertiary/aromatic N) is 2. The second kappa shape index (κ2) is 9.45. The van der Waals surface area contributed by atoms with Crippen molar-refractivity contribution in [2.45, 2.75) is 5.92 Å². The van der Waals surface area contributed by atoms with Crippen molar-refractivity contribution in [2.75, 3.05) is 0 Å². The van der Waals surface area contributed by atoms with Gasteiger partial charge in [0.1, 0.15) is 0 Å². The fourth-order valence-corrected chi connectivity index (χ4v) is 3.87. The predicted molar refractivity (Wildman–Crippen MR) is 117 cm³/mol. The summed E-state index contributed by atoms with van der Waals surface area (Å²) in [6, 6.07) is 23.8. The van der Waals surface area contributed by atoms with Crippen LogP contribution in [0.1, 0.15) is 11.1 Å². The maximum Gasteiger partial charge on any atom is 0.266 e. The molecule has 0 spiro atoms. The number of aromatic nitrogens is 2. The normalized spacial score (nSPS) is 12.7. The number of halogens is 4. The first kappa shape index (κ1) is 23.7. The van der Waals surface area contributed by atoms with E-state index in [0.29, 0.717) is 22.3 Å². The maximum atomic E-state index is 14.6. The van der Waals surface area contributed by atoms with Gasteiger partial charge in [0.05, 0.1) is 0 Å². The van der Waals surface area contributed by atoms with Crippen LogP contribution in [-0.4, -0.2) is 9.97 Å². The Bertz CT molecular complexity index is 1470. The third-order valence-corrected chi connectivity index (χ3v) is 5.34. The monoisotopic (exact) mass is 635 g/mol. The number of pyridine rings is 2. The Morgan fingerprint density at radius 2 is 1.59 bits per heavy atom. The van der Waals surface area contributed by atoms with Crippen molar-refractivity contribution in [3.63, 3.8) is 0 Å². The molecule has 0 bridgehead atoms. The van der Waals surface area contributed by atoms with Gasteiger partial charge in [-0.25, -0.2) is 8.78 Å². The molecule has 2 nitrogen and oxygen atoms in total. The molecule has 7 heteroatoms. The summed E-state index contributed by atoms with van der Waals surface area (Å²) in [7, 11) is 0. The molecular formula is C27H14F4IrN2-2. The fourth-order valence-electron chi connectivity index (χ4n) is 3.87. The molecule has 1 radical (unpaired) electrons. The summed E-state index contributed by atoms with van der Waals surface area (Å²) in [5.41, 5.74) is 1.64. The largest absolute Gasteiger partial charge is 0.305 e. The summed E-state index contributed by atoms with van der Waals surface area (Å²) < 4.78 is 55.0. The minimum Gasteiger partial charge on any atom is -0.305 e. The van der Waals surface area contributed by atoms with E-state index in [1.807, 2.05) is 6.07 Å². The van der Waals surface area contributed by atoms with E-state index in [1.54, 1.807) is 54.9 Å². The van der Waals surface area contributed by atoms with Crippen molar-refractivity contribution in [3.05, 3.63) is 120 Å². The van der Waals surface area contributed by atoms with Gasteiger partial charge >= 0.3 is 0 Å². The van der Waals surface area contributed by atoms with Crippen molar-refractivity contribution in [2.24, 2.45) is 0 Å². The van der Waals surface area contributed by atoms with Crippen LogP contribution in [0.2, 0.25) is 0 Å². The van der Waals surface area contributed by atoms with Gasteiger partial charge in [0.2, 0.25) is 0 Å². The molecule has 0 saturated heterocycles. The van der Waals surface area contributed by atoms with Crippen LogP contribution >= 0.6 is 0 Å². The van der Waals surface area contributed by atoms with Gasteiger partial charge in [0.25, 0.3) is 5.92 Å². The first-order valence-corrected chi connectivity index (χ1v) is 10.0. The van der Waals surface area contributed by atoms with E-state index in [0.717, 1.165) is 17.5 Å². The number of hydrogen-bond acceptors (Lipinski definition) is 2. The van der Waals surface area contributed by atoms with Gasteiger partial charge in [-0.1, -0.05) is 47.5 Å². The third kappa shape index (κ3) is 4.13. The van der Waals surface area contributed by atoms with Crippen LogP contribution < -0.4 is 0 Å². The molecule has 3 aromatic carbocycles.